The van der Waals surface area contributed by atoms with E-state index in [4.69, 9.17) is 4.52 Å². The van der Waals surface area contributed by atoms with E-state index in [-0.39, 0.29) is 21.7 Å². The van der Waals surface area contributed by atoms with Gasteiger partial charge in [-0.15, -0.1) is 11.4 Å². The van der Waals surface area contributed by atoms with Crippen molar-refractivity contribution in [2.45, 2.75) is 13.8 Å². The zero-order chi connectivity index (χ0) is 7.33. The molecule has 0 aliphatic heterocycles. The van der Waals surface area contributed by atoms with Crippen molar-refractivity contribution in [3.63, 3.8) is 0 Å². The van der Waals surface area contributed by atoms with Crippen molar-refractivity contribution in [3.8, 4) is 0 Å². The smallest absolute Gasteiger partial charge is 0.0485 e. The Kier molecular flexibility index (Phi) is 10.3. The van der Waals surface area contributed by atoms with Crippen LogP contribution in [-0.4, -0.2) is 12.4 Å². The normalized spacial score (nSPS) is 15.5. The quantitative estimate of drug-likeness (QED) is 0.542. The molecule has 0 fully saturated rings. The third-order valence-electron chi connectivity index (χ3n) is 0.574. The van der Waals surface area contributed by atoms with E-state index < -0.39 is 5.69 Å². The minimum absolute atomic E-state index is 0. The first kappa shape index (κ1) is 14.2. The van der Waals surface area contributed by atoms with Crippen LogP contribution in [0.3, 0.4) is 0 Å². The van der Waals surface area contributed by atoms with E-state index in [0.717, 1.165) is 5.75 Å². The Balaban J connectivity index is 0. The fraction of sp³-hybridized carbons (Fsp3) is 1.00. The molecule has 6 heteroatoms. The van der Waals surface area contributed by atoms with Crippen molar-refractivity contribution in [1.29, 1.82) is 0 Å². The molecule has 0 heterocycles. The van der Waals surface area contributed by atoms with Gasteiger partial charge in [-0.05, 0) is 12.7 Å². The summed E-state index contributed by atoms with van der Waals surface area (Å²) in [5.41, 5.74) is -2.69. The van der Waals surface area contributed by atoms with Crippen LogP contribution in [0, 0.1) is 0 Å². The summed E-state index contributed by atoms with van der Waals surface area (Å²) in [6, 6.07) is 0. The second kappa shape index (κ2) is 7.29. The van der Waals surface area contributed by atoms with Crippen LogP contribution < -0.4 is 4.89 Å². The monoisotopic (exact) mass is 233 g/mol. The van der Waals surface area contributed by atoms with Gasteiger partial charge in [-0.2, -0.15) is 0 Å². The van der Waals surface area contributed by atoms with Gasteiger partial charge in [-0.1, -0.05) is 18.7 Å². The zero-order valence-corrected chi connectivity index (χ0v) is 10.1. The second-order valence-corrected chi connectivity index (χ2v) is 7.62. The Bertz CT molecular complexity index is 112. The molecular weight excluding hydrogens is 223 g/mol. The van der Waals surface area contributed by atoms with Crippen molar-refractivity contribution >= 4 is 28.9 Å². The van der Waals surface area contributed by atoms with Gasteiger partial charge < -0.3 is 9.42 Å². The average molecular weight is 233 g/mol. The molecule has 10 heavy (non-hydrogen) atoms. The Morgan fingerprint density at radius 1 is 1.60 bits per heavy atom. The van der Waals surface area contributed by atoms with Crippen LogP contribution in [-0.2, 0) is 38.0 Å². The SMILES string of the molecule is CCOP([O-])(=S)SCC.[Ti]. The number of hydrogen-bond acceptors (Lipinski definition) is 4. The number of hydrogen-bond donors (Lipinski definition) is 0. The average Bonchev–Trinajstić information content (AvgIpc) is 1.64. The van der Waals surface area contributed by atoms with Crippen molar-refractivity contribution in [2.24, 2.45) is 0 Å². The molecule has 0 aliphatic rings. The molecule has 0 spiro atoms. The molecule has 0 amide bonds. The molecule has 1 unspecified atom stereocenters. The van der Waals surface area contributed by atoms with E-state index in [1.165, 1.54) is 11.4 Å². The van der Waals surface area contributed by atoms with Crippen LogP contribution in [0.25, 0.3) is 0 Å². The van der Waals surface area contributed by atoms with E-state index in [0.29, 0.717) is 6.61 Å². The number of rotatable bonds is 4. The molecule has 0 aliphatic carbocycles. The maximum absolute atomic E-state index is 11.0. The van der Waals surface area contributed by atoms with Gasteiger partial charge in [-0.25, -0.2) is 0 Å². The minimum atomic E-state index is -2.69. The van der Waals surface area contributed by atoms with Gasteiger partial charge >= 0.3 is 0 Å². The van der Waals surface area contributed by atoms with E-state index in [9.17, 15) is 4.89 Å². The molecule has 0 saturated carbocycles. The molecule has 1 atom stereocenters. The first-order chi connectivity index (χ1) is 4.12. The largest absolute Gasteiger partial charge is 0.793 e. The molecule has 2 nitrogen and oxygen atoms in total. The summed E-state index contributed by atoms with van der Waals surface area (Å²) in [6.07, 6.45) is 0. The van der Waals surface area contributed by atoms with E-state index >= 15 is 0 Å². The Morgan fingerprint density at radius 3 is 2.40 bits per heavy atom. The molecule has 0 aromatic rings. The Hall–Kier alpha value is 1.63. The fourth-order valence-corrected chi connectivity index (χ4v) is 3.81. The van der Waals surface area contributed by atoms with E-state index in [2.05, 4.69) is 11.8 Å². The fourth-order valence-electron chi connectivity index (χ4n) is 0.353. The van der Waals surface area contributed by atoms with Gasteiger partial charge in [0.25, 0.3) is 0 Å². The Morgan fingerprint density at radius 2 is 2.10 bits per heavy atom. The van der Waals surface area contributed by atoms with Crippen molar-refractivity contribution in [3.05, 3.63) is 0 Å². The van der Waals surface area contributed by atoms with Crippen molar-refractivity contribution in [2.75, 3.05) is 12.4 Å². The molecule has 0 saturated heterocycles. The molecule has 60 valence electrons. The molecular formula is C4H10O2PS2Ti-. The summed E-state index contributed by atoms with van der Waals surface area (Å²) in [6.45, 7) is 4.13. The first-order valence-electron chi connectivity index (χ1n) is 2.72. The molecule has 0 aromatic heterocycles. The van der Waals surface area contributed by atoms with Crippen LogP contribution in [0.15, 0.2) is 0 Å². The molecule has 0 N–H and O–H groups in total. The third-order valence-corrected chi connectivity index (χ3v) is 5.03. The standard InChI is InChI=1S/C4H11O2PS2.Ti/c1-3-6-7(5,8)9-4-2;/h3-4H2,1-2H3,(H,5,8);/p-1. The van der Waals surface area contributed by atoms with Crippen LogP contribution in [0.4, 0.5) is 0 Å². The van der Waals surface area contributed by atoms with Crippen molar-refractivity contribution in [1.82, 2.24) is 0 Å². The summed E-state index contributed by atoms with van der Waals surface area (Å²) in [7, 11) is 0. The van der Waals surface area contributed by atoms with Gasteiger partial charge in [0.15, 0.2) is 0 Å². The predicted octanol–water partition coefficient (Wildman–Crippen LogP) is 1.36. The maximum Gasteiger partial charge on any atom is 0.0485 e. The second-order valence-electron chi connectivity index (χ2n) is 1.28. The van der Waals surface area contributed by atoms with E-state index in [1.54, 1.807) is 6.92 Å². The van der Waals surface area contributed by atoms with Crippen LogP contribution in [0.2, 0.25) is 0 Å². The predicted molar refractivity (Wildman–Crippen MR) is 44.0 cm³/mol. The van der Waals surface area contributed by atoms with Gasteiger partial charge in [0, 0.05) is 34.0 Å². The van der Waals surface area contributed by atoms with Gasteiger partial charge in [0.05, 0.1) is 0 Å². The first-order valence-corrected chi connectivity index (χ1v) is 6.95. The maximum atomic E-state index is 11.0. The summed E-state index contributed by atoms with van der Waals surface area (Å²) >= 11 is 5.84. The van der Waals surface area contributed by atoms with Gasteiger partial charge in [-0.3, -0.25) is 0 Å². The Labute approximate surface area is 85.9 Å². The van der Waals surface area contributed by atoms with Crippen LogP contribution >= 0.6 is 17.1 Å². The van der Waals surface area contributed by atoms with Gasteiger partial charge in [0.2, 0.25) is 0 Å². The summed E-state index contributed by atoms with van der Waals surface area (Å²) in [5, 5.41) is 0. The van der Waals surface area contributed by atoms with Crippen LogP contribution in [0.1, 0.15) is 13.8 Å². The third kappa shape index (κ3) is 7.74. The van der Waals surface area contributed by atoms with Crippen LogP contribution in [0.5, 0.6) is 0 Å². The summed E-state index contributed by atoms with van der Waals surface area (Å²) in [4.78, 5) is 11.0. The molecule has 0 bridgehead atoms. The summed E-state index contributed by atoms with van der Waals surface area (Å²) < 4.78 is 4.80. The van der Waals surface area contributed by atoms with Crippen molar-refractivity contribution < 1.29 is 31.1 Å². The topological polar surface area (TPSA) is 32.3 Å². The van der Waals surface area contributed by atoms with E-state index in [1.807, 2.05) is 6.92 Å². The van der Waals surface area contributed by atoms with Gasteiger partial charge in [0.1, 0.15) is 0 Å². The summed E-state index contributed by atoms with van der Waals surface area (Å²) in [5.74, 6) is 0.751. The molecule has 0 aromatic carbocycles. The zero-order valence-electron chi connectivity index (χ0n) is 5.99. The minimum Gasteiger partial charge on any atom is -0.793 e. The molecule has 0 rings (SSSR count). The molecule has 0 radical (unpaired) electrons.